The van der Waals surface area contributed by atoms with Crippen molar-refractivity contribution < 1.29 is 34.4 Å². The molecule has 0 aromatic heterocycles. The molecule has 9 heteroatoms. The summed E-state index contributed by atoms with van der Waals surface area (Å²) >= 11 is 0. The van der Waals surface area contributed by atoms with Gasteiger partial charge in [0, 0.05) is 32.4 Å². The van der Waals surface area contributed by atoms with Gasteiger partial charge in [0.1, 0.15) is 6.10 Å². The summed E-state index contributed by atoms with van der Waals surface area (Å²) in [5.74, 6) is -0.352. The van der Waals surface area contributed by atoms with Crippen LogP contribution in [0.3, 0.4) is 0 Å². The van der Waals surface area contributed by atoms with E-state index in [4.69, 9.17) is 9.47 Å². The number of hydrogen-bond acceptors (Lipinski definition) is 7. The van der Waals surface area contributed by atoms with Crippen LogP contribution in [0.1, 0.15) is 45.4 Å². The van der Waals surface area contributed by atoms with E-state index in [1.54, 1.807) is 4.90 Å². The number of carbonyl (C=O) groups is 2. The van der Waals surface area contributed by atoms with Gasteiger partial charge in [-0.15, -0.1) is 0 Å². The molecular weight excluding hydrogens is 368 g/mol. The molecule has 1 saturated carbocycles. The summed E-state index contributed by atoms with van der Waals surface area (Å²) in [5, 5.41) is 31.8. The molecule has 3 fully saturated rings. The summed E-state index contributed by atoms with van der Waals surface area (Å²) in [6.07, 6.45) is 1.75. The lowest BCUT2D eigenvalue weighted by Crippen LogP contribution is -2.58. The second-order valence-electron chi connectivity index (χ2n) is 8.11. The third-order valence-corrected chi connectivity index (χ3v) is 6.12. The highest BCUT2D eigenvalue weighted by atomic mass is 16.7. The summed E-state index contributed by atoms with van der Waals surface area (Å²) in [6.45, 7) is 2.17. The lowest BCUT2D eigenvalue weighted by atomic mass is 10.0. The predicted octanol–water partition coefficient (Wildman–Crippen LogP) is -0.870. The Hall–Kier alpha value is -1.26. The largest absolute Gasteiger partial charge is 0.394 e. The number of ether oxygens (including phenoxy) is 2. The van der Waals surface area contributed by atoms with Gasteiger partial charge < -0.3 is 35.0 Å². The third kappa shape index (κ3) is 4.33. The zero-order valence-electron chi connectivity index (χ0n) is 16.4. The van der Waals surface area contributed by atoms with E-state index in [0.29, 0.717) is 38.8 Å². The number of unbranched alkanes of at least 4 members (excludes halogenated alkanes) is 1. The van der Waals surface area contributed by atoms with Crippen molar-refractivity contribution in [1.82, 2.24) is 10.2 Å². The number of fused-ring (bicyclic) bond motifs is 1. The molecule has 2 amide bonds. The predicted molar refractivity (Wildman–Crippen MR) is 98.0 cm³/mol. The molecule has 0 bridgehead atoms. The van der Waals surface area contributed by atoms with Crippen molar-refractivity contribution in [3.63, 3.8) is 0 Å². The molecule has 2 heterocycles. The van der Waals surface area contributed by atoms with Crippen LogP contribution in [-0.4, -0.2) is 88.5 Å². The second kappa shape index (κ2) is 9.04. The fourth-order valence-corrected chi connectivity index (χ4v) is 4.56. The molecule has 0 radical (unpaired) electrons. The Bertz CT molecular complexity index is 574. The van der Waals surface area contributed by atoms with Gasteiger partial charge >= 0.3 is 0 Å². The first-order valence-corrected chi connectivity index (χ1v) is 10.2. The van der Waals surface area contributed by atoms with Crippen LogP contribution in [0.4, 0.5) is 0 Å². The zero-order chi connectivity index (χ0) is 20.3. The van der Waals surface area contributed by atoms with Gasteiger partial charge in [-0.3, -0.25) is 9.59 Å². The molecule has 0 aromatic carbocycles. The molecule has 5 unspecified atom stereocenters. The number of carbonyl (C=O) groups excluding carboxylic acids is 2. The summed E-state index contributed by atoms with van der Waals surface area (Å²) in [5.41, 5.74) is -0.739. The fourth-order valence-electron chi connectivity index (χ4n) is 4.56. The summed E-state index contributed by atoms with van der Waals surface area (Å²) in [4.78, 5) is 25.6. The van der Waals surface area contributed by atoms with Gasteiger partial charge in [-0.25, -0.2) is 0 Å². The number of aliphatic hydroxyl groups excluding tert-OH is 3. The molecule has 0 spiro atoms. The quantitative estimate of drug-likeness (QED) is 0.370. The van der Waals surface area contributed by atoms with E-state index in [2.05, 4.69) is 5.32 Å². The Morgan fingerprint density at radius 1 is 1.29 bits per heavy atom. The van der Waals surface area contributed by atoms with Crippen LogP contribution in [0.15, 0.2) is 0 Å². The lowest BCUT2D eigenvalue weighted by molar-refractivity contribution is -0.245. The minimum absolute atomic E-state index is 0.0120. The van der Waals surface area contributed by atoms with E-state index < -0.39 is 24.0 Å². The van der Waals surface area contributed by atoms with Gasteiger partial charge in [-0.1, -0.05) is 0 Å². The van der Waals surface area contributed by atoms with Crippen molar-refractivity contribution >= 4 is 11.8 Å². The van der Waals surface area contributed by atoms with Gasteiger partial charge in [0.15, 0.2) is 6.29 Å². The number of hydrogen-bond donors (Lipinski definition) is 4. The van der Waals surface area contributed by atoms with E-state index >= 15 is 0 Å². The average Bonchev–Trinajstić information content (AvgIpc) is 3.19. The number of amides is 2. The normalized spacial score (nSPS) is 36.9. The highest BCUT2D eigenvalue weighted by Crippen LogP contribution is 2.54. The number of rotatable bonds is 9. The van der Waals surface area contributed by atoms with Crippen LogP contribution in [0.2, 0.25) is 0 Å². The fraction of sp³-hybridized carbons (Fsp3) is 0.895. The monoisotopic (exact) mass is 400 g/mol. The molecule has 1 aliphatic carbocycles. The van der Waals surface area contributed by atoms with Crippen molar-refractivity contribution in [3.05, 3.63) is 0 Å². The number of aliphatic hydroxyl groups is 3. The van der Waals surface area contributed by atoms with Crippen LogP contribution in [0.25, 0.3) is 0 Å². The maximum absolute atomic E-state index is 12.3. The van der Waals surface area contributed by atoms with E-state index in [1.807, 2.05) is 0 Å². The molecule has 160 valence electrons. The Labute approximate surface area is 165 Å². The molecular formula is C19H32N2O7. The first-order chi connectivity index (χ1) is 13.4. The summed E-state index contributed by atoms with van der Waals surface area (Å²) < 4.78 is 11.6. The van der Waals surface area contributed by atoms with E-state index in [1.165, 1.54) is 6.92 Å². The molecule has 0 aromatic rings. The van der Waals surface area contributed by atoms with Crippen molar-refractivity contribution in [2.24, 2.45) is 5.92 Å². The minimum atomic E-state index is -0.839. The van der Waals surface area contributed by atoms with Crippen molar-refractivity contribution in [3.8, 4) is 0 Å². The molecule has 28 heavy (non-hydrogen) atoms. The standard InChI is InChI=1S/C19H32N2O7/c1-12(24)20-19-9-14(19)17(26)15(11-23)28-18(19)27-8-3-2-6-16(25)21-7-4-5-13(21)10-22/h13-15,17-18,22-23,26H,2-11H2,1H3,(H,20,24)/t13-,14?,15?,17?,18?,19?/m0/s1. The molecule has 2 saturated heterocycles. The Morgan fingerprint density at radius 3 is 2.75 bits per heavy atom. The zero-order valence-corrected chi connectivity index (χ0v) is 16.4. The van der Waals surface area contributed by atoms with Crippen LogP contribution in [0, 0.1) is 5.92 Å². The average molecular weight is 400 g/mol. The Kier molecular flexibility index (Phi) is 6.93. The van der Waals surface area contributed by atoms with Gasteiger partial charge in [-0.2, -0.15) is 0 Å². The number of nitrogens with zero attached hydrogens (tertiary/aromatic N) is 1. The molecule has 3 rings (SSSR count). The van der Waals surface area contributed by atoms with E-state index in [9.17, 15) is 24.9 Å². The van der Waals surface area contributed by atoms with Gasteiger partial charge in [-0.05, 0) is 32.1 Å². The Balaban J connectivity index is 1.44. The van der Waals surface area contributed by atoms with Crippen molar-refractivity contribution in [2.45, 2.75) is 75.5 Å². The molecule has 9 nitrogen and oxygen atoms in total. The van der Waals surface area contributed by atoms with E-state index in [-0.39, 0.29) is 37.0 Å². The third-order valence-electron chi connectivity index (χ3n) is 6.12. The summed E-state index contributed by atoms with van der Waals surface area (Å²) in [6, 6.07) is -0.0504. The van der Waals surface area contributed by atoms with Crippen molar-refractivity contribution in [1.29, 1.82) is 0 Å². The number of nitrogens with one attached hydrogen (secondary N) is 1. The molecule has 2 aliphatic heterocycles. The number of likely N-dealkylation sites (tertiary alicyclic amines) is 1. The van der Waals surface area contributed by atoms with E-state index in [0.717, 1.165) is 12.8 Å². The van der Waals surface area contributed by atoms with Crippen LogP contribution >= 0.6 is 0 Å². The maximum atomic E-state index is 12.3. The minimum Gasteiger partial charge on any atom is -0.394 e. The Morgan fingerprint density at radius 2 is 2.07 bits per heavy atom. The molecule has 6 atom stereocenters. The van der Waals surface area contributed by atoms with Gasteiger partial charge in [0.25, 0.3) is 0 Å². The first-order valence-electron chi connectivity index (χ1n) is 10.2. The highest BCUT2D eigenvalue weighted by Gasteiger charge is 2.68. The van der Waals surface area contributed by atoms with Gasteiger partial charge in [0.2, 0.25) is 11.8 Å². The SMILES string of the molecule is CC(=O)NC12CC1C(O)C(CO)OC2OCCCCC(=O)N1CCC[C@H]1CO. The van der Waals surface area contributed by atoms with Gasteiger partial charge in [0.05, 0.1) is 30.9 Å². The van der Waals surface area contributed by atoms with Crippen molar-refractivity contribution in [2.75, 3.05) is 26.4 Å². The lowest BCUT2D eigenvalue weighted by Gasteiger charge is -2.38. The van der Waals surface area contributed by atoms with Crippen LogP contribution in [-0.2, 0) is 19.1 Å². The topological polar surface area (TPSA) is 129 Å². The van der Waals surface area contributed by atoms with Crippen LogP contribution in [0.5, 0.6) is 0 Å². The second-order valence-corrected chi connectivity index (χ2v) is 8.11. The summed E-state index contributed by atoms with van der Waals surface area (Å²) in [7, 11) is 0. The highest BCUT2D eigenvalue weighted by molar-refractivity contribution is 5.76. The van der Waals surface area contributed by atoms with Crippen LogP contribution < -0.4 is 5.32 Å². The maximum Gasteiger partial charge on any atom is 0.222 e. The smallest absolute Gasteiger partial charge is 0.222 e. The first kappa shape index (κ1) is 21.4. The molecule has 3 aliphatic rings. The molecule has 4 N–H and O–H groups in total.